The first kappa shape index (κ1) is 9.18. The molecule has 80 valence electrons. The molecule has 0 unspecified atom stereocenters. The fourth-order valence-corrected chi connectivity index (χ4v) is 1.71. The van der Waals surface area contributed by atoms with E-state index in [4.69, 9.17) is 10.2 Å². The minimum atomic E-state index is 0.537. The Balaban J connectivity index is 2.16. The minimum Gasteiger partial charge on any atom is -0.472 e. The normalized spacial score (nSPS) is 11.1. The Hall–Kier alpha value is -2.07. The van der Waals surface area contributed by atoms with E-state index in [-0.39, 0.29) is 0 Å². The zero-order valence-corrected chi connectivity index (χ0v) is 8.63. The highest BCUT2D eigenvalue weighted by atomic mass is 16.3. The van der Waals surface area contributed by atoms with Crippen LogP contribution < -0.4 is 5.73 Å². The highest BCUT2D eigenvalue weighted by molar-refractivity contribution is 5.61. The van der Waals surface area contributed by atoms with Gasteiger partial charge in [-0.1, -0.05) is 6.07 Å². The summed E-state index contributed by atoms with van der Waals surface area (Å²) >= 11 is 0. The molecule has 0 radical (unpaired) electrons. The van der Waals surface area contributed by atoms with Gasteiger partial charge < -0.3 is 14.6 Å². The van der Waals surface area contributed by atoms with Gasteiger partial charge in [-0.25, -0.2) is 4.98 Å². The first-order valence-electron chi connectivity index (χ1n) is 5.07. The number of aromatic nitrogens is 2. The van der Waals surface area contributed by atoms with Crippen LogP contribution in [0.25, 0.3) is 16.9 Å². The van der Waals surface area contributed by atoms with Gasteiger partial charge in [-0.3, -0.25) is 0 Å². The summed E-state index contributed by atoms with van der Waals surface area (Å²) in [6.45, 7) is 0.537. The first-order chi connectivity index (χ1) is 7.86. The van der Waals surface area contributed by atoms with E-state index in [9.17, 15) is 0 Å². The van der Waals surface area contributed by atoms with Crippen LogP contribution in [0, 0.1) is 0 Å². The molecule has 0 atom stereocenters. The van der Waals surface area contributed by atoms with Crippen LogP contribution in [-0.2, 0) is 6.54 Å². The number of fused-ring (bicyclic) bond motifs is 1. The largest absolute Gasteiger partial charge is 0.472 e. The molecule has 16 heavy (non-hydrogen) atoms. The van der Waals surface area contributed by atoms with Gasteiger partial charge in [-0.15, -0.1) is 0 Å². The van der Waals surface area contributed by atoms with Crippen LogP contribution in [0.4, 0.5) is 0 Å². The molecule has 0 fully saturated rings. The fourth-order valence-electron chi connectivity index (χ4n) is 1.71. The van der Waals surface area contributed by atoms with Gasteiger partial charge in [0.05, 0.1) is 18.2 Å². The third-order valence-electron chi connectivity index (χ3n) is 2.56. The Morgan fingerprint density at radius 2 is 2.19 bits per heavy atom. The number of hydrogen-bond donors (Lipinski definition) is 1. The van der Waals surface area contributed by atoms with Crippen molar-refractivity contribution < 1.29 is 4.42 Å². The van der Waals surface area contributed by atoms with E-state index >= 15 is 0 Å². The van der Waals surface area contributed by atoms with Crippen molar-refractivity contribution in [2.24, 2.45) is 5.73 Å². The molecular formula is C12H11N3O. The number of pyridine rings is 1. The molecular weight excluding hydrogens is 202 g/mol. The summed E-state index contributed by atoms with van der Waals surface area (Å²) in [5.41, 5.74) is 9.48. The molecule has 4 heteroatoms. The standard InChI is InChI=1S/C12H11N3O/c13-5-9-1-2-12-14-11(7-15(12)6-9)10-3-4-16-8-10/h1-4,6-8H,5,13H2. The van der Waals surface area contributed by atoms with Crippen molar-refractivity contribution >= 4 is 5.65 Å². The summed E-state index contributed by atoms with van der Waals surface area (Å²) in [5.74, 6) is 0. The predicted octanol–water partition coefficient (Wildman–Crippen LogP) is 2.05. The predicted molar refractivity (Wildman–Crippen MR) is 60.8 cm³/mol. The Kier molecular flexibility index (Phi) is 2.01. The van der Waals surface area contributed by atoms with E-state index < -0.39 is 0 Å². The minimum absolute atomic E-state index is 0.537. The molecule has 0 spiro atoms. The molecule has 0 saturated heterocycles. The van der Waals surface area contributed by atoms with Gasteiger partial charge >= 0.3 is 0 Å². The van der Waals surface area contributed by atoms with Crippen LogP contribution in [0.3, 0.4) is 0 Å². The summed E-state index contributed by atoms with van der Waals surface area (Å²) in [6.07, 6.45) is 7.29. The third-order valence-corrected chi connectivity index (χ3v) is 2.56. The molecule has 3 heterocycles. The molecule has 0 aliphatic carbocycles. The molecule has 0 aliphatic heterocycles. The molecule has 3 rings (SSSR count). The average Bonchev–Trinajstić information content (AvgIpc) is 2.96. The number of nitrogens with zero attached hydrogens (tertiary/aromatic N) is 2. The lowest BCUT2D eigenvalue weighted by Crippen LogP contribution is -1.97. The molecule has 3 aromatic heterocycles. The maximum Gasteiger partial charge on any atom is 0.137 e. The Bertz CT molecular complexity index is 610. The Morgan fingerprint density at radius 3 is 2.94 bits per heavy atom. The van der Waals surface area contributed by atoms with Crippen LogP contribution >= 0.6 is 0 Å². The summed E-state index contributed by atoms with van der Waals surface area (Å²) in [6, 6.07) is 5.85. The Labute approximate surface area is 92.3 Å². The van der Waals surface area contributed by atoms with Crippen molar-refractivity contribution in [2.75, 3.05) is 0 Å². The topological polar surface area (TPSA) is 56.5 Å². The molecule has 3 aromatic rings. The summed E-state index contributed by atoms with van der Waals surface area (Å²) in [5, 5.41) is 0. The van der Waals surface area contributed by atoms with Gasteiger partial charge in [0.25, 0.3) is 0 Å². The van der Waals surface area contributed by atoms with Crippen LogP contribution in [0.15, 0.2) is 47.5 Å². The van der Waals surface area contributed by atoms with Crippen LogP contribution in [-0.4, -0.2) is 9.38 Å². The van der Waals surface area contributed by atoms with Gasteiger partial charge in [0.1, 0.15) is 5.65 Å². The summed E-state index contributed by atoms with van der Waals surface area (Å²) in [7, 11) is 0. The quantitative estimate of drug-likeness (QED) is 0.708. The van der Waals surface area contributed by atoms with E-state index in [0.717, 1.165) is 22.5 Å². The highest BCUT2D eigenvalue weighted by Gasteiger charge is 2.05. The van der Waals surface area contributed by atoms with Crippen LogP contribution in [0.1, 0.15) is 5.56 Å². The third kappa shape index (κ3) is 1.40. The van der Waals surface area contributed by atoms with E-state index in [1.54, 1.807) is 12.5 Å². The van der Waals surface area contributed by atoms with Crippen molar-refractivity contribution in [3.05, 3.63) is 48.7 Å². The number of hydrogen-bond acceptors (Lipinski definition) is 3. The van der Waals surface area contributed by atoms with E-state index in [2.05, 4.69) is 4.98 Å². The molecule has 0 saturated carbocycles. The number of rotatable bonds is 2. The molecule has 0 aromatic carbocycles. The zero-order chi connectivity index (χ0) is 11.0. The maximum atomic E-state index is 5.59. The lowest BCUT2D eigenvalue weighted by molar-refractivity contribution is 0.568. The van der Waals surface area contributed by atoms with E-state index in [1.807, 2.05) is 35.0 Å². The van der Waals surface area contributed by atoms with Crippen LogP contribution in [0.5, 0.6) is 0 Å². The van der Waals surface area contributed by atoms with Gasteiger partial charge in [0.15, 0.2) is 0 Å². The Morgan fingerprint density at radius 1 is 1.25 bits per heavy atom. The summed E-state index contributed by atoms with van der Waals surface area (Å²) in [4.78, 5) is 4.49. The van der Waals surface area contributed by atoms with E-state index in [0.29, 0.717) is 6.54 Å². The fraction of sp³-hybridized carbons (Fsp3) is 0.0833. The second-order valence-electron chi connectivity index (χ2n) is 3.65. The number of nitrogens with two attached hydrogens (primary N) is 1. The van der Waals surface area contributed by atoms with Crippen molar-refractivity contribution in [1.82, 2.24) is 9.38 Å². The van der Waals surface area contributed by atoms with Gasteiger partial charge in [0, 0.05) is 24.5 Å². The SMILES string of the molecule is NCc1ccc2nc(-c3ccoc3)cn2c1. The number of furan rings is 1. The molecule has 0 aliphatic rings. The first-order valence-corrected chi connectivity index (χ1v) is 5.07. The second kappa shape index (κ2) is 3.50. The van der Waals surface area contributed by atoms with Crippen molar-refractivity contribution in [2.45, 2.75) is 6.54 Å². The smallest absolute Gasteiger partial charge is 0.137 e. The average molecular weight is 213 g/mol. The van der Waals surface area contributed by atoms with Gasteiger partial charge in [-0.05, 0) is 17.7 Å². The van der Waals surface area contributed by atoms with Gasteiger partial charge in [0.2, 0.25) is 0 Å². The number of imidazole rings is 1. The van der Waals surface area contributed by atoms with Crippen molar-refractivity contribution in [3.8, 4) is 11.3 Å². The zero-order valence-electron chi connectivity index (χ0n) is 8.63. The lowest BCUT2D eigenvalue weighted by Gasteiger charge is -1.96. The lowest BCUT2D eigenvalue weighted by atomic mass is 10.3. The molecule has 2 N–H and O–H groups in total. The van der Waals surface area contributed by atoms with Crippen molar-refractivity contribution in [1.29, 1.82) is 0 Å². The highest BCUT2D eigenvalue weighted by Crippen LogP contribution is 2.19. The molecule has 4 nitrogen and oxygen atoms in total. The molecule has 0 bridgehead atoms. The molecule has 0 amide bonds. The summed E-state index contributed by atoms with van der Waals surface area (Å²) < 4.78 is 7.02. The van der Waals surface area contributed by atoms with Crippen molar-refractivity contribution in [3.63, 3.8) is 0 Å². The van der Waals surface area contributed by atoms with Gasteiger partial charge in [-0.2, -0.15) is 0 Å². The van der Waals surface area contributed by atoms with E-state index in [1.165, 1.54) is 0 Å². The monoisotopic (exact) mass is 213 g/mol. The van der Waals surface area contributed by atoms with Crippen LogP contribution in [0.2, 0.25) is 0 Å². The maximum absolute atomic E-state index is 5.59. The second-order valence-corrected chi connectivity index (χ2v) is 3.65.